The first-order chi connectivity index (χ1) is 4.01. The lowest BCUT2D eigenvalue weighted by atomic mass is 10.1. The minimum Gasteiger partial charge on any atom is -0.300 e. The Balaban J connectivity index is 2.54. The van der Waals surface area contributed by atoms with Crippen molar-refractivity contribution in [2.24, 2.45) is 0 Å². The van der Waals surface area contributed by atoms with Crippen LogP contribution in [-0.4, -0.2) is 30.2 Å². The van der Waals surface area contributed by atoms with Gasteiger partial charge >= 0.3 is 0 Å². The van der Waals surface area contributed by atoms with Crippen LogP contribution in [-0.2, 0) is 0 Å². The molecule has 0 aromatic heterocycles. The molecule has 1 saturated heterocycles. The molecule has 1 heterocycles. The van der Waals surface area contributed by atoms with E-state index in [1.165, 1.54) is 0 Å². The van der Waals surface area contributed by atoms with Gasteiger partial charge in [0.1, 0.15) is 5.67 Å². The molecule has 0 spiro atoms. The maximum atomic E-state index is 13.1. The molecule has 0 radical (unpaired) electrons. The molecule has 1 nitrogen and oxygen atoms in total. The molecule has 2 atom stereocenters. The zero-order chi connectivity index (χ0) is 7.07. The van der Waals surface area contributed by atoms with Crippen LogP contribution >= 0.6 is 0 Å². The molecule has 2 heteroatoms. The van der Waals surface area contributed by atoms with Gasteiger partial charge in [0.15, 0.2) is 0 Å². The fourth-order valence-electron chi connectivity index (χ4n) is 1.51. The van der Waals surface area contributed by atoms with Crippen LogP contribution in [0.1, 0.15) is 20.3 Å². The van der Waals surface area contributed by atoms with Crippen LogP contribution in [0.15, 0.2) is 0 Å². The van der Waals surface area contributed by atoms with Gasteiger partial charge in [0.05, 0.1) is 0 Å². The van der Waals surface area contributed by atoms with Gasteiger partial charge in [-0.05, 0) is 27.3 Å². The maximum absolute atomic E-state index is 13.1. The molecule has 0 N–H and O–H groups in total. The average Bonchev–Trinajstić information content (AvgIpc) is 1.79. The molecule has 1 aliphatic heterocycles. The van der Waals surface area contributed by atoms with Crippen LogP contribution in [0, 0.1) is 0 Å². The standard InChI is InChI=1S/C7H14FN/c1-6-4-7(2,8)5-9(6)3/h6H,4-5H2,1-3H3/t6?,7-/m0/s1. The number of hydrogen-bond donors (Lipinski definition) is 0. The van der Waals surface area contributed by atoms with E-state index in [1.807, 2.05) is 7.05 Å². The molecule has 0 amide bonds. The van der Waals surface area contributed by atoms with E-state index in [0.717, 1.165) is 0 Å². The Labute approximate surface area is 55.8 Å². The predicted octanol–water partition coefficient (Wildman–Crippen LogP) is 1.44. The van der Waals surface area contributed by atoms with E-state index in [-0.39, 0.29) is 0 Å². The third-order valence-electron chi connectivity index (χ3n) is 2.05. The molecule has 9 heavy (non-hydrogen) atoms. The van der Waals surface area contributed by atoms with Crippen LogP contribution in [0.2, 0.25) is 0 Å². The predicted molar refractivity (Wildman–Crippen MR) is 36.2 cm³/mol. The highest BCUT2D eigenvalue weighted by molar-refractivity contribution is 4.89. The fourth-order valence-corrected chi connectivity index (χ4v) is 1.51. The first kappa shape index (κ1) is 7.00. The number of rotatable bonds is 0. The summed E-state index contributed by atoms with van der Waals surface area (Å²) >= 11 is 0. The lowest BCUT2D eigenvalue weighted by molar-refractivity contribution is 0.198. The van der Waals surface area contributed by atoms with E-state index in [0.29, 0.717) is 19.0 Å². The summed E-state index contributed by atoms with van der Waals surface area (Å²) in [5.41, 5.74) is -0.936. The van der Waals surface area contributed by atoms with Crippen molar-refractivity contribution in [1.82, 2.24) is 4.90 Å². The van der Waals surface area contributed by atoms with Gasteiger partial charge in [-0.2, -0.15) is 0 Å². The Hall–Kier alpha value is -0.110. The van der Waals surface area contributed by atoms with Crippen molar-refractivity contribution in [2.75, 3.05) is 13.6 Å². The third kappa shape index (κ3) is 1.42. The third-order valence-corrected chi connectivity index (χ3v) is 2.05. The highest BCUT2D eigenvalue weighted by Crippen LogP contribution is 2.28. The van der Waals surface area contributed by atoms with Gasteiger partial charge in [-0.1, -0.05) is 0 Å². The highest BCUT2D eigenvalue weighted by Gasteiger charge is 2.36. The molecule has 54 valence electrons. The number of alkyl halides is 1. The molecule has 1 aliphatic rings. The second kappa shape index (κ2) is 1.94. The quantitative estimate of drug-likeness (QED) is 0.481. The van der Waals surface area contributed by atoms with E-state index in [1.54, 1.807) is 6.92 Å². The number of nitrogens with zero attached hydrogens (tertiary/aromatic N) is 1. The SMILES string of the molecule is CC1C[C@](C)(F)CN1C. The van der Waals surface area contributed by atoms with Gasteiger partial charge in [0.25, 0.3) is 0 Å². The summed E-state index contributed by atoms with van der Waals surface area (Å²) < 4.78 is 13.1. The van der Waals surface area contributed by atoms with Crippen molar-refractivity contribution < 1.29 is 4.39 Å². The minimum absolute atomic E-state index is 0.417. The Morgan fingerprint density at radius 1 is 1.67 bits per heavy atom. The lowest BCUT2D eigenvalue weighted by Crippen LogP contribution is -2.24. The summed E-state index contributed by atoms with van der Waals surface area (Å²) in [6.45, 7) is 4.33. The Kier molecular flexibility index (Phi) is 1.51. The Morgan fingerprint density at radius 3 is 2.33 bits per heavy atom. The van der Waals surface area contributed by atoms with Crippen LogP contribution in [0.3, 0.4) is 0 Å². The number of halogens is 1. The monoisotopic (exact) mass is 131 g/mol. The van der Waals surface area contributed by atoms with E-state index >= 15 is 0 Å². The molecule has 1 fully saturated rings. The van der Waals surface area contributed by atoms with Crippen molar-refractivity contribution in [3.05, 3.63) is 0 Å². The second-order valence-corrected chi connectivity index (χ2v) is 3.38. The van der Waals surface area contributed by atoms with E-state index in [4.69, 9.17) is 0 Å². The molecule has 1 unspecified atom stereocenters. The largest absolute Gasteiger partial charge is 0.300 e. The van der Waals surface area contributed by atoms with Gasteiger partial charge in [-0.25, -0.2) is 4.39 Å². The zero-order valence-corrected chi connectivity index (χ0v) is 6.32. The highest BCUT2D eigenvalue weighted by atomic mass is 19.1. The van der Waals surface area contributed by atoms with Gasteiger partial charge in [0, 0.05) is 12.6 Å². The smallest absolute Gasteiger partial charge is 0.122 e. The summed E-state index contributed by atoms with van der Waals surface area (Å²) in [4.78, 5) is 2.06. The summed E-state index contributed by atoms with van der Waals surface area (Å²) in [6, 6.07) is 0.417. The second-order valence-electron chi connectivity index (χ2n) is 3.38. The molecule has 0 bridgehead atoms. The number of hydrogen-bond acceptors (Lipinski definition) is 1. The van der Waals surface area contributed by atoms with Gasteiger partial charge in [-0.3, -0.25) is 0 Å². The average molecular weight is 131 g/mol. The number of likely N-dealkylation sites (tertiary alicyclic amines) is 1. The van der Waals surface area contributed by atoms with Gasteiger partial charge in [0.2, 0.25) is 0 Å². The van der Waals surface area contributed by atoms with Crippen molar-refractivity contribution in [3.8, 4) is 0 Å². The van der Waals surface area contributed by atoms with Crippen LogP contribution in [0.25, 0.3) is 0 Å². The first-order valence-corrected chi connectivity index (χ1v) is 3.40. The topological polar surface area (TPSA) is 3.24 Å². The van der Waals surface area contributed by atoms with Crippen LogP contribution < -0.4 is 0 Å². The first-order valence-electron chi connectivity index (χ1n) is 3.40. The van der Waals surface area contributed by atoms with Gasteiger partial charge < -0.3 is 4.90 Å². The van der Waals surface area contributed by atoms with Gasteiger partial charge in [-0.15, -0.1) is 0 Å². The van der Waals surface area contributed by atoms with E-state index in [2.05, 4.69) is 11.8 Å². The molecule has 0 aromatic carbocycles. The molecule has 0 aromatic rings. The Bertz CT molecular complexity index is 99.5. The maximum Gasteiger partial charge on any atom is 0.122 e. The summed E-state index contributed by atoms with van der Waals surface area (Å²) in [5, 5.41) is 0. The summed E-state index contributed by atoms with van der Waals surface area (Å²) in [7, 11) is 1.97. The van der Waals surface area contributed by atoms with Crippen LogP contribution in [0.4, 0.5) is 4.39 Å². The van der Waals surface area contributed by atoms with E-state index in [9.17, 15) is 4.39 Å². The summed E-state index contributed by atoms with van der Waals surface area (Å²) in [6.07, 6.45) is 0.684. The molecular formula is C7H14FN. The molecular weight excluding hydrogens is 117 g/mol. The van der Waals surface area contributed by atoms with Crippen molar-refractivity contribution in [1.29, 1.82) is 0 Å². The molecule has 0 saturated carbocycles. The zero-order valence-electron chi connectivity index (χ0n) is 6.32. The minimum atomic E-state index is -0.936. The van der Waals surface area contributed by atoms with Crippen molar-refractivity contribution >= 4 is 0 Å². The Morgan fingerprint density at radius 2 is 2.22 bits per heavy atom. The molecule has 1 rings (SSSR count). The normalized spacial score (nSPS) is 46.0. The fraction of sp³-hybridized carbons (Fsp3) is 1.00. The summed E-state index contributed by atoms with van der Waals surface area (Å²) in [5.74, 6) is 0. The van der Waals surface area contributed by atoms with E-state index < -0.39 is 5.67 Å². The van der Waals surface area contributed by atoms with Crippen molar-refractivity contribution in [3.63, 3.8) is 0 Å². The van der Waals surface area contributed by atoms with Crippen LogP contribution in [0.5, 0.6) is 0 Å². The molecule has 0 aliphatic carbocycles. The lowest BCUT2D eigenvalue weighted by Gasteiger charge is -2.12. The van der Waals surface area contributed by atoms with Crippen molar-refractivity contribution in [2.45, 2.75) is 32.0 Å².